The number of hydrogen-bond acceptors (Lipinski definition) is 4. The first-order valence-electron chi connectivity index (χ1n) is 12.1. The maximum absolute atomic E-state index is 13.1. The number of aromatic amines is 1. The highest BCUT2D eigenvalue weighted by molar-refractivity contribution is 7.80. The lowest BCUT2D eigenvalue weighted by Crippen LogP contribution is -2.37. The lowest BCUT2D eigenvalue weighted by Gasteiger charge is -2.26. The zero-order chi connectivity index (χ0) is 25.1. The van der Waals surface area contributed by atoms with Crippen LogP contribution in [0.3, 0.4) is 0 Å². The molecule has 5 rings (SSSR count). The van der Waals surface area contributed by atoms with Crippen molar-refractivity contribution in [1.82, 2.24) is 9.88 Å². The third-order valence-corrected chi connectivity index (χ3v) is 6.81. The Labute approximate surface area is 215 Å². The molecule has 3 aromatic carbocycles. The molecule has 2 N–H and O–H groups in total. The summed E-state index contributed by atoms with van der Waals surface area (Å²) in [6, 6.07) is 22.1. The molecule has 0 bridgehead atoms. The molecule has 0 atom stereocenters. The zero-order valence-corrected chi connectivity index (χ0v) is 21.3. The molecule has 0 fully saturated rings. The number of H-pyrrole nitrogens is 1. The second-order valence-corrected chi connectivity index (χ2v) is 9.49. The summed E-state index contributed by atoms with van der Waals surface area (Å²) in [5, 5.41) is 4.82. The Morgan fingerprint density at radius 3 is 2.44 bits per heavy atom. The third kappa shape index (κ3) is 5.36. The first-order chi connectivity index (χ1) is 17.5. The van der Waals surface area contributed by atoms with Crippen LogP contribution in [-0.2, 0) is 13.0 Å². The number of anilines is 1. The molecule has 36 heavy (non-hydrogen) atoms. The van der Waals surface area contributed by atoms with Crippen LogP contribution in [0.25, 0.3) is 10.9 Å². The fourth-order valence-electron chi connectivity index (χ4n) is 4.35. The summed E-state index contributed by atoms with van der Waals surface area (Å²) < 4.78 is 11.4. The largest absolute Gasteiger partial charge is 0.486 e. The smallest absolute Gasteiger partial charge is 0.253 e. The zero-order valence-electron chi connectivity index (χ0n) is 20.5. The number of aryl methyl sites for hydroxylation is 2. The maximum Gasteiger partial charge on any atom is 0.253 e. The van der Waals surface area contributed by atoms with Crippen LogP contribution in [0.4, 0.5) is 5.69 Å². The van der Waals surface area contributed by atoms with Crippen LogP contribution < -0.4 is 20.3 Å². The first kappa shape index (κ1) is 23.9. The van der Waals surface area contributed by atoms with E-state index in [0.29, 0.717) is 48.5 Å². The molecule has 0 amide bonds. The van der Waals surface area contributed by atoms with E-state index in [4.69, 9.17) is 21.7 Å². The van der Waals surface area contributed by atoms with E-state index in [1.165, 1.54) is 16.7 Å². The van der Waals surface area contributed by atoms with Crippen LogP contribution in [-0.4, -0.2) is 34.8 Å². The molecule has 184 valence electrons. The van der Waals surface area contributed by atoms with Gasteiger partial charge in [0.15, 0.2) is 16.6 Å². The van der Waals surface area contributed by atoms with E-state index in [1.807, 2.05) is 48.5 Å². The minimum absolute atomic E-state index is 0.141. The van der Waals surface area contributed by atoms with E-state index >= 15 is 0 Å². The highest BCUT2D eigenvalue weighted by Crippen LogP contribution is 2.33. The van der Waals surface area contributed by atoms with Crippen molar-refractivity contribution in [3.63, 3.8) is 0 Å². The van der Waals surface area contributed by atoms with Crippen molar-refractivity contribution in [2.75, 3.05) is 25.1 Å². The average Bonchev–Trinajstić information content (AvgIpc) is 2.88. The second-order valence-electron chi connectivity index (χ2n) is 9.10. The lowest BCUT2D eigenvalue weighted by molar-refractivity contribution is 0.172. The standard InChI is InChI=1S/C29H29N3O3S/c1-19-7-9-24(10-8-19)30-29(36)32(12-11-21-6-4-3-5-20(21)2)18-23-15-22-16-26-27(35-14-13-34-26)17-25(22)31-28(23)33/h3-10,15-17H,11-14,18H2,1-2H3,(H,30,36)(H,31,33). The SMILES string of the molecule is Cc1ccc(NC(=S)N(CCc2ccccc2C)Cc2cc3cc4c(cc3[nH]c2=O)OCCO4)cc1. The Morgan fingerprint density at radius 1 is 0.972 bits per heavy atom. The number of benzene rings is 3. The molecule has 7 heteroatoms. The van der Waals surface area contributed by atoms with Crippen molar-refractivity contribution in [3.05, 3.63) is 99.3 Å². The van der Waals surface area contributed by atoms with Crippen molar-refractivity contribution >= 4 is 33.9 Å². The molecule has 0 radical (unpaired) electrons. The number of pyridine rings is 1. The van der Waals surface area contributed by atoms with Crippen LogP contribution in [0.1, 0.15) is 22.3 Å². The summed E-state index contributed by atoms with van der Waals surface area (Å²) in [4.78, 5) is 18.1. The van der Waals surface area contributed by atoms with Crippen molar-refractivity contribution in [2.24, 2.45) is 0 Å². The molecule has 0 saturated carbocycles. The molecule has 2 heterocycles. The minimum atomic E-state index is -0.141. The first-order valence-corrected chi connectivity index (χ1v) is 12.5. The van der Waals surface area contributed by atoms with Crippen LogP contribution in [0.15, 0.2) is 71.5 Å². The minimum Gasteiger partial charge on any atom is -0.486 e. The monoisotopic (exact) mass is 499 g/mol. The fraction of sp³-hybridized carbons (Fsp3) is 0.241. The van der Waals surface area contributed by atoms with E-state index in [-0.39, 0.29) is 5.56 Å². The molecular weight excluding hydrogens is 470 g/mol. The highest BCUT2D eigenvalue weighted by atomic mass is 32.1. The quantitative estimate of drug-likeness (QED) is 0.348. The van der Waals surface area contributed by atoms with Crippen molar-refractivity contribution in [1.29, 1.82) is 0 Å². The molecule has 1 aliphatic rings. The molecule has 0 aliphatic carbocycles. The molecular formula is C29H29N3O3S. The number of rotatable bonds is 6. The van der Waals surface area contributed by atoms with Gasteiger partial charge < -0.3 is 24.7 Å². The van der Waals surface area contributed by atoms with Gasteiger partial charge in [-0.2, -0.15) is 0 Å². The van der Waals surface area contributed by atoms with Gasteiger partial charge in [0.05, 0.1) is 12.1 Å². The van der Waals surface area contributed by atoms with Gasteiger partial charge in [0.25, 0.3) is 5.56 Å². The van der Waals surface area contributed by atoms with E-state index in [2.05, 4.69) is 47.2 Å². The van der Waals surface area contributed by atoms with Gasteiger partial charge in [-0.05, 0) is 67.9 Å². The molecule has 0 unspecified atom stereocenters. The van der Waals surface area contributed by atoms with E-state index in [1.54, 1.807) is 0 Å². The van der Waals surface area contributed by atoms with E-state index in [9.17, 15) is 4.79 Å². The van der Waals surface area contributed by atoms with Gasteiger partial charge in [-0.25, -0.2) is 0 Å². The Bertz CT molecular complexity index is 1460. The van der Waals surface area contributed by atoms with Crippen molar-refractivity contribution < 1.29 is 9.47 Å². The predicted octanol–water partition coefficient (Wildman–Crippen LogP) is 5.36. The number of nitrogens with one attached hydrogen (secondary N) is 2. The van der Waals surface area contributed by atoms with Gasteiger partial charge in [0, 0.05) is 29.2 Å². The Morgan fingerprint density at radius 2 is 1.69 bits per heavy atom. The summed E-state index contributed by atoms with van der Waals surface area (Å²) in [5.74, 6) is 1.35. The molecule has 6 nitrogen and oxygen atoms in total. The molecule has 4 aromatic rings. The normalized spacial score (nSPS) is 12.4. The molecule has 0 saturated heterocycles. The molecule has 1 aliphatic heterocycles. The topological polar surface area (TPSA) is 66.6 Å². The van der Waals surface area contributed by atoms with Crippen LogP contribution in [0.5, 0.6) is 11.5 Å². The van der Waals surface area contributed by atoms with E-state index < -0.39 is 0 Å². The maximum atomic E-state index is 13.1. The van der Waals surface area contributed by atoms with Crippen LogP contribution in [0, 0.1) is 13.8 Å². The lowest BCUT2D eigenvalue weighted by atomic mass is 10.1. The summed E-state index contributed by atoms with van der Waals surface area (Å²) in [5.41, 5.74) is 5.82. The van der Waals surface area contributed by atoms with Crippen molar-refractivity contribution in [2.45, 2.75) is 26.8 Å². The predicted molar refractivity (Wildman–Crippen MR) is 148 cm³/mol. The number of fused-ring (bicyclic) bond motifs is 2. The van der Waals surface area contributed by atoms with Gasteiger partial charge in [-0.3, -0.25) is 4.79 Å². The fourth-order valence-corrected chi connectivity index (χ4v) is 4.62. The average molecular weight is 500 g/mol. The van der Waals surface area contributed by atoms with Gasteiger partial charge >= 0.3 is 0 Å². The van der Waals surface area contributed by atoms with Crippen LogP contribution in [0.2, 0.25) is 0 Å². The van der Waals surface area contributed by atoms with Gasteiger partial charge in [0.2, 0.25) is 0 Å². The number of aromatic nitrogens is 1. The van der Waals surface area contributed by atoms with Crippen molar-refractivity contribution in [3.8, 4) is 11.5 Å². The third-order valence-electron chi connectivity index (χ3n) is 6.45. The van der Waals surface area contributed by atoms with Gasteiger partial charge in [-0.1, -0.05) is 42.0 Å². The van der Waals surface area contributed by atoms with Gasteiger partial charge in [0.1, 0.15) is 13.2 Å². The Balaban J connectivity index is 1.43. The highest BCUT2D eigenvalue weighted by Gasteiger charge is 2.17. The Kier molecular flexibility index (Phi) is 6.91. The summed E-state index contributed by atoms with van der Waals surface area (Å²) >= 11 is 5.82. The number of nitrogens with zero attached hydrogens (tertiary/aromatic N) is 1. The van der Waals surface area contributed by atoms with E-state index in [0.717, 1.165) is 23.0 Å². The Hall–Kier alpha value is -3.84. The van der Waals surface area contributed by atoms with Gasteiger partial charge in [-0.15, -0.1) is 0 Å². The second kappa shape index (κ2) is 10.4. The van der Waals surface area contributed by atoms with Crippen LogP contribution >= 0.6 is 12.2 Å². The summed E-state index contributed by atoms with van der Waals surface area (Å²) in [7, 11) is 0. The molecule has 1 aromatic heterocycles. The summed E-state index contributed by atoms with van der Waals surface area (Å²) in [6.07, 6.45) is 0.812. The number of thiocarbonyl (C=S) groups is 1. The molecule has 0 spiro atoms. The number of hydrogen-bond donors (Lipinski definition) is 2. The number of ether oxygens (including phenoxy) is 2. The summed E-state index contributed by atoms with van der Waals surface area (Å²) in [6.45, 7) is 6.23.